The zero-order valence-corrected chi connectivity index (χ0v) is 17.3. The molecule has 162 valence electrons. The molecule has 0 saturated carbocycles. The predicted molar refractivity (Wildman–Crippen MR) is 110 cm³/mol. The summed E-state index contributed by atoms with van der Waals surface area (Å²) in [6.45, 7) is 3.45. The normalized spacial score (nSPS) is 11.6. The van der Waals surface area contributed by atoms with Gasteiger partial charge in [0.05, 0.1) is 16.3 Å². The van der Waals surface area contributed by atoms with Crippen molar-refractivity contribution in [1.29, 1.82) is 0 Å². The molecule has 1 amide bonds. The quantitative estimate of drug-likeness (QED) is 0.601. The fraction of sp³-hybridized carbons (Fsp3) is 0.238. The maximum Gasteiger partial charge on any atom is 0.417 e. The van der Waals surface area contributed by atoms with Gasteiger partial charge in [-0.15, -0.1) is 0 Å². The van der Waals surface area contributed by atoms with E-state index in [0.29, 0.717) is 16.1 Å². The third-order valence-corrected chi connectivity index (χ3v) is 4.58. The molecule has 0 radical (unpaired) electrons. The van der Waals surface area contributed by atoms with Crippen LogP contribution in [-0.2, 0) is 17.5 Å². The van der Waals surface area contributed by atoms with Gasteiger partial charge in [-0.05, 0) is 23.8 Å². The summed E-state index contributed by atoms with van der Waals surface area (Å²) in [5.41, 5.74) is -0.969. The summed E-state index contributed by atoms with van der Waals surface area (Å²) >= 11 is 5.92. The lowest BCUT2D eigenvalue weighted by Gasteiger charge is -2.15. The molecule has 2 aromatic heterocycles. The molecule has 0 aliphatic rings. The number of nitrogens with one attached hydrogen (secondary N) is 2. The van der Waals surface area contributed by atoms with E-state index >= 15 is 0 Å². The van der Waals surface area contributed by atoms with Gasteiger partial charge in [-0.3, -0.25) is 14.6 Å². The van der Waals surface area contributed by atoms with Crippen LogP contribution in [-0.4, -0.2) is 20.9 Å². The third-order valence-electron chi connectivity index (χ3n) is 4.38. The molecular formula is C21H18ClF3N4O2. The van der Waals surface area contributed by atoms with Gasteiger partial charge < -0.3 is 10.3 Å². The number of halogens is 4. The highest BCUT2D eigenvalue weighted by atomic mass is 35.5. The molecule has 1 aromatic carbocycles. The number of rotatable bonds is 5. The van der Waals surface area contributed by atoms with E-state index in [9.17, 15) is 22.8 Å². The van der Waals surface area contributed by atoms with Crippen LogP contribution in [0.25, 0.3) is 22.6 Å². The van der Waals surface area contributed by atoms with Crippen molar-refractivity contribution in [2.75, 3.05) is 0 Å². The topological polar surface area (TPSA) is 87.7 Å². The van der Waals surface area contributed by atoms with Crippen molar-refractivity contribution >= 4 is 17.5 Å². The number of alkyl halides is 3. The second kappa shape index (κ2) is 8.89. The molecule has 0 spiro atoms. The van der Waals surface area contributed by atoms with Gasteiger partial charge in [-0.2, -0.15) is 13.2 Å². The average molecular weight is 451 g/mol. The van der Waals surface area contributed by atoms with Crippen LogP contribution in [0.5, 0.6) is 0 Å². The molecule has 6 nitrogen and oxygen atoms in total. The van der Waals surface area contributed by atoms with Crippen LogP contribution >= 0.6 is 11.6 Å². The van der Waals surface area contributed by atoms with Gasteiger partial charge in [-0.25, -0.2) is 4.98 Å². The molecule has 31 heavy (non-hydrogen) atoms. The first-order valence-electron chi connectivity index (χ1n) is 9.25. The van der Waals surface area contributed by atoms with E-state index in [1.165, 1.54) is 30.6 Å². The number of H-pyrrole nitrogens is 1. The summed E-state index contributed by atoms with van der Waals surface area (Å²) in [5, 5.41) is 2.95. The van der Waals surface area contributed by atoms with Crippen LogP contribution < -0.4 is 10.9 Å². The Bertz CT molecular complexity index is 1180. The van der Waals surface area contributed by atoms with Gasteiger partial charge in [0.25, 0.3) is 5.56 Å². The number of benzene rings is 1. The molecule has 0 atom stereocenters. The van der Waals surface area contributed by atoms with Crippen molar-refractivity contribution in [3.05, 3.63) is 69.2 Å². The Morgan fingerprint density at radius 2 is 1.94 bits per heavy atom. The largest absolute Gasteiger partial charge is 0.417 e. The number of aromatic nitrogens is 3. The lowest BCUT2D eigenvalue weighted by molar-refractivity contribution is -0.137. The Morgan fingerprint density at radius 1 is 1.19 bits per heavy atom. The maximum atomic E-state index is 13.6. The van der Waals surface area contributed by atoms with Crippen molar-refractivity contribution in [3.63, 3.8) is 0 Å². The van der Waals surface area contributed by atoms with Crippen LogP contribution in [0.3, 0.4) is 0 Å². The van der Waals surface area contributed by atoms with Crippen molar-refractivity contribution in [2.24, 2.45) is 5.92 Å². The lowest BCUT2D eigenvalue weighted by Crippen LogP contribution is -2.27. The van der Waals surface area contributed by atoms with Gasteiger partial charge in [0, 0.05) is 42.0 Å². The van der Waals surface area contributed by atoms with E-state index in [1.807, 2.05) is 0 Å². The highest BCUT2D eigenvalue weighted by Crippen LogP contribution is 2.36. The Hall–Kier alpha value is -3.20. The fourth-order valence-corrected chi connectivity index (χ4v) is 3.00. The van der Waals surface area contributed by atoms with Gasteiger partial charge in [0.2, 0.25) is 5.91 Å². The molecule has 0 bridgehead atoms. The number of hydrogen-bond acceptors (Lipinski definition) is 4. The minimum atomic E-state index is -4.68. The average Bonchev–Trinajstić information content (AvgIpc) is 2.70. The summed E-state index contributed by atoms with van der Waals surface area (Å²) in [6.07, 6.45) is -1.89. The summed E-state index contributed by atoms with van der Waals surface area (Å²) in [6, 6.07) is 6.08. The molecule has 2 N–H and O–H groups in total. The van der Waals surface area contributed by atoms with Crippen LogP contribution in [0.2, 0.25) is 5.02 Å². The van der Waals surface area contributed by atoms with E-state index in [1.54, 1.807) is 13.8 Å². The second-order valence-corrected chi connectivity index (χ2v) is 7.56. The summed E-state index contributed by atoms with van der Waals surface area (Å²) in [5.74, 6) is -0.759. The molecule has 3 aromatic rings. The van der Waals surface area contributed by atoms with Crippen LogP contribution in [0.4, 0.5) is 13.2 Å². The van der Waals surface area contributed by atoms with Crippen LogP contribution in [0.15, 0.2) is 47.5 Å². The zero-order chi connectivity index (χ0) is 22.8. The molecular weight excluding hydrogens is 433 g/mol. The molecule has 3 rings (SSSR count). The predicted octanol–water partition coefficient (Wildman–Crippen LogP) is 4.44. The number of pyridine rings is 1. The first-order chi connectivity index (χ1) is 14.5. The Labute approximate surface area is 180 Å². The van der Waals surface area contributed by atoms with Crippen molar-refractivity contribution < 1.29 is 18.0 Å². The van der Waals surface area contributed by atoms with Gasteiger partial charge in [0.1, 0.15) is 5.82 Å². The highest BCUT2D eigenvalue weighted by Gasteiger charge is 2.34. The molecule has 0 saturated heterocycles. The second-order valence-electron chi connectivity index (χ2n) is 7.12. The van der Waals surface area contributed by atoms with Crippen LogP contribution in [0, 0.1) is 5.92 Å². The van der Waals surface area contributed by atoms with Gasteiger partial charge in [-0.1, -0.05) is 31.5 Å². The number of aromatic amines is 1. The van der Waals surface area contributed by atoms with E-state index in [2.05, 4.69) is 20.3 Å². The molecule has 0 fully saturated rings. The molecule has 10 heteroatoms. The van der Waals surface area contributed by atoms with E-state index in [-0.39, 0.29) is 35.5 Å². The SMILES string of the molecule is CC(C)C(=O)NCc1ccc(C(F)(F)F)c(-c2nc(-c3cncc(Cl)c3)cc(=O)[nH]2)c1. The molecule has 0 unspecified atom stereocenters. The summed E-state index contributed by atoms with van der Waals surface area (Å²) in [4.78, 5) is 34.5. The van der Waals surface area contributed by atoms with E-state index in [0.717, 1.165) is 12.1 Å². The summed E-state index contributed by atoms with van der Waals surface area (Å²) < 4.78 is 40.9. The number of nitrogens with zero attached hydrogens (tertiary/aromatic N) is 2. The first kappa shape index (κ1) is 22.5. The number of carbonyl (C=O) groups excluding carboxylic acids is 1. The molecule has 0 aliphatic carbocycles. The Balaban J connectivity index is 2.10. The fourth-order valence-electron chi connectivity index (χ4n) is 2.82. The summed E-state index contributed by atoms with van der Waals surface area (Å²) in [7, 11) is 0. The van der Waals surface area contributed by atoms with Gasteiger partial charge >= 0.3 is 6.18 Å². The number of carbonyl (C=O) groups is 1. The number of hydrogen-bond donors (Lipinski definition) is 2. The third kappa shape index (κ3) is 5.49. The monoisotopic (exact) mass is 450 g/mol. The zero-order valence-electron chi connectivity index (χ0n) is 16.5. The van der Waals surface area contributed by atoms with E-state index in [4.69, 9.17) is 11.6 Å². The lowest BCUT2D eigenvalue weighted by atomic mass is 10.0. The standard InChI is InChI=1S/C21H18ClF3N4O2/c1-11(2)20(31)27-8-12-3-4-16(21(23,24)25)15(5-12)19-28-17(7-18(30)29-19)13-6-14(22)10-26-9-13/h3-7,9-11H,8H2,1-2H3,(H,27,31)(H,28,29,30). The minimum Gasteiger partial charge on any atom is -0.352 e. The molecule has 0 aliphatic heterocycles. The Morgan fingerprint density at radius 3 is 2.58 bits per heavy atom. The highest BCUT2D eigenvalue weighted by molar-refractivity contribution is 6.30. The van der Waals surface area contributed by atoms with Crippen molar-refractivity contribution in [1.82, 2.24) is 20.3 Å². The van der Waals surface area contributed by atoms with E-state index < -0.39 is 17.3 Å². The smallest absolute Gasteiger partial charge is 0.352 e. The Kier molecular flexibility index (Phi) is 6.45. The minimum absolute atomic E-state index is 0.0320. The van der Waals surface area contributed by atoms with Crippen molar-refractivity contribution in [3.8, 4) is 22.6 Å². The van der Waals surface area contributed by atoms with Crippen LogP contribution in [0.1, 0.15) is 25.0 Å². The maximum absolute atomic E-state index is 13.6. The van der Waals surface area contributed by atoms with Crippen molar-refractivity contribution in [2.45, 2.75) is 26.6 Å². The first-order valence-corrected chi connectivity index (χ1v) is 9.63. The van der Waals surface area contributed by atoms with Gasteiger partial charge in [0.15, 0.2) is 0 Å². The molecule has 2 heterocycles. The number of amides is 1.